The number of thiazole rings is 1. The minimum absolute atomic E-state index is 0.229. The molecule has 1 N–H and O–H groups in total. The predicted molar refractivity (Wildman–Crippen MR) is 84.4 cm³/mol. The molecule has 20 heavy (non-hydrogen) atoms. The monoisotopic (exact) mass is 310 g/mol. The molecule has 4 nitrogen and oxygen atoms in total. The zero-order valence-corrected chi connectivity index (χ0v) is 13.4. The van der Waals surface area contributed by atoms with Gasteiger partial charge in [0.1, 0.15) is 6.04 Å². The van der Waals surface area contributed by atoms with Crippen LogP contribution < -0.4 is 5.32 Å². The Bertz CT molecular complexity index is 550. The number of para-hydroxylation sites is 1. The molecule has 1 atom stereocenters. The Morgan fingerprint density at radius 1 is 1.45 bits per heavy atom. The molecule has 2 aromatic rings. The van der Waals surface area contributed by atoms with Crippen molar-refractivity contribution in [2.24, 2.45) is 0 Å². The molecular formula is C14H18N2O2S2. The lowest BCUT2D eigenvalue weighted by molar-refractivity contribution is -0.142. The summed E-state index contributed by atoms with van der Waals surface area (Å²) in [6, 6.07) is 7.97. The Labute approximate surface area is 126 Å². The first-order chi connectivity index (χ1) is 9.60. The second-order valence-electron chi connectivity index (χ2n) is 4.66. The van der Waals surface area contributed by atoms with Crippen molar-refractivity contribution in [1.82, 2.24) is 10.3 Å². The Morgan fingerprint density at radius 2 is 2.20 bits per heavy atom. The summed E-state index contributed by atoms with van der Waals surface area (Å²) in [5.74, 6) is 0.386. The van der Waals surface area contributed by atoms with Gasteiger partial charge in [0.2, 0.25) is 0 Å². The van der Waals surface area contributed by atoms with Gasteiger partial charge in [0.05, 0.1) is 17.3 Å². The Morgan fingerprint density at radius 3 is 2.85 bits per heavy atom. The minimum Gasteiger partial charge on any atom is -0.468 e. The summed E-state index contributed by atoms with van der Waals surface area (Å²) in [5.41, 5.74) is 1.01. The molecule has 0 amide bonds. The number of ether oxygens (including phenoxy) is 1. The van der Waals surface area contributed by atoms with E-state index in [0.29, 0.717) is 5.75 Å². The maximum atomic E-state index is 11.7. The van der Waals surface area contributed by atoms with Crippen molar-refractivity contribution in [2.45, 2.75) is 30.3 Å². The van der Waals surface area contributed by atoms with Crippen molar-refractivity contribution < 1.29 is 9.53 Å². The fraction of sp³-hybridized carbons (Fsp3) is 0.429. The van der Waals surface area contributed by atoms with E-state index < -0.39 is 0 Å². The molecule has 6 heteroatoms. The molecule has 1 aromatic carbocycles. The van der Waals surface area contributed by atoms with Crippen molar-refractivity contribution in [3.05, 3.63) is 24.3 Å². The van der Waals surface area contributed by atoms with Gasteiger partial charge >= 0.3 is 5.97 Å². The number of nitrogens with zero attached hydrogens (tertiary/aromatic N) is 1. The van der Waals surface area contributed by atoms with E-state index in [9.17, 15) is 4.79 Å². The molecule has 1 heterocycles. The fourth-order valence-corrected chi connectivity index (χ4v) is 3.91. The summed E-state index contributed by atoms with van der Waals surface area (Å²) in [5, 5.41) is 3.22. The minimum atomic E-state index is -0.308. The van der Waals surface area contributed by atoms with E-state index in [-0.39, 0.29) is 18.1 Å². The van der Waals surface area contributed by atoms with Crippen molar-refractivity contribution in [2.75, 3.05) is 12.9 Å². The molecule has 1 unspecified atom stereocenters. The number of nitrogens with one attached hydrogen (secondary N) is 1. The SMILES string of the molecule is COC(=O)C(CSc1nc2ccccc2s1)NC(C)C. The predicted octanol–water partition coefficient (Wildman–Crippen LogP) is 2.93. The zero-order chi connectivity index (χ0) is 14.5. The zero-order valence-electron chi connectivity index (χ0n) is 11.8. The number of carbonyl (C=O) groups excluding carboxylic acids is 1. The topological polar surface area (TPSA) is 51.2 Å². The van der Waals surface area contributed by atoms with Crippen molar-refractivity contribution in [3.8, 4) is 0 Å². The highest BCUT2D eigenvalue weighted by Gasteiger charge is 2.20. The molecule has 0 aliphatic carbocycles. The fourth-order valence-electron chi connectivity index (χ4n) is 1.80. The van der Waals surface area contributed by atoms with Gasteiger partial charge in [-0.2, -0.15) is 0 Å². The molecule has 0 saturated carbocycles. The van der Waals surface area contributed by atoms with Gasteiger partial charge in [0.15, 0.2) is 4.34 Å². The molecule has 108 valence electrons. The summed E-state index contributed by atoms with van der Waals surface area (Å²) >= 11 is 3.23. The summed E-state index contributed by atoms with van der Waals surface area (Å²) in [6.07, 6.45) is 0. The number of fused-ring (bicyclic) bond motifs is 1. The lowest BCUT2D eigenvalue weighted by Gasteiger charge is -2.17. The molecule has 0 fully saturated rings. The Kier molecular flexibility index (Phi) is 5.39. The van der Waals surface area contributed by atoms with Crippen LogP contribution in [0, 0.1) is 0 Å². The molecular weight excluding hydrogens is 292 g/mol. The Balaban J connectivity index is 2.02. The van der Waals surface area contributed by atoms with E-state index in [1.54, 1.807) is 23.1 Å². The molecule has 0 radical (unpaired) electrons. The number of esters is 1. The van der Waals surface area contributed by atoms with Crippen LogP contribution in [0.3, 0.4) is 0 Å². The van der Waals surface area contributed by atoms with Gasteiger partial charge in [-0.3, -0.25) is 4.79 Å². The average molecular weight is 310 g/mol. The molecule has 1 aromatic heterocycles. The van der Waals surface area contributed by atoms with E-state index in [1.807, 2.05) is 32.0 Å². The van der Waals surface area contributed by atoms with Crippen LogP contribution in [-0.4, -0.2) is 35.9 Å². The van der Waals surface area contributed by atoms with Crippen LogP contribution in [-0.2, 0) is 9.53 Å². The first kappa shape index (κ1) is 15.3. The average Bonchev–Trinajstić information content (AvgIpc) is 2.84. The number of hydrogen-bond acceptors (Lipinski definition) is 6. The quantitative estimate of drug-likeness (QED) is 0.657. The molecule has 2 rings (SSSR count). The van der Waals surface area contributed by atoms with Crippen molar-refractivity contribution in [1.29, 1.82) is 0 Å². The maximum Gasteiger partial charge on any atom is 0.323 e. The lowest BCUT2D eigenvalue weighted by atomic mass is 10.3. The van der Waals surface area contributed by atoms with E-state index >= 15 is 0 Å². The number of hydrogen-bond donors (Lipinski definition) is 1. The van der Waals surface area contributed by atoms with Crippen LogP contribution in [0.4, 0.5) is 0 Å². The van der Waals surface area contributed by atoms with Gasteiger partial charge < -0.3 is 10.1 Å². The summed E-state index contributed by atoms with van der Waals surface area (Å²) in [4.78, 5) is 16.3. The summed E-state index contributed by atoms with van der Waals surface area (Å²) < 4.78 is 6.97. The summed E-state index contributed by atoms with van der Waals surface area (Å²) in [6.45, 7) is 4.02. The number of methoxy groups -OCH3 is 1. The number of carbonyl (C=O) groups is 1. The highest BCUT2D eigenvalue weighted by atomic mass is 32.2. The standard InChI is InChI=1S/C14H18N2O2S2/c1-9(2)15-11(13(17)18-3)8-19-14-16-10-6-4-5-7-12(10)20-14/h4-7,9,11,15H,8H2,1-3H3. The third kappa shape index (κ3) is 3.94. The highest BCUT2D eigenvalue weighted by Crippen LogP contribution is 2.29. The highest BCUT2D eigenvalue weighted by molar-refractivity contribution is 8.01. The molecule has 0 aliphatic rings. The van der Waals surface area contributed by atoms with Crippen LogP contribution >= 0.6 is 23.1 Å². The smallest absolute Gasteiger partial charge is 0.323 e. The van der Waals surface area contributed by atoms with Crippen molar-refractivity contribution >= 4 is 39.3 Å². The molecule has 0 aliphatic heterocycles. The third-order valence-electron chi connectivity index (χ3n) is 2.67. The van der Waals surface area contributed by atoms with Crippen LogP contribution in [0.15, 0.2) is 28.6 Å². The second kappa shape index (κ2) is 7.06. The van der Waals surface area contributed by atoms with Crippen molar-refractivity contribution in [3.63, 3.8) is 0 Å². The number of aromatic nitrogens is 1. The van der Waals surface area contributed by atoms with E-state index in [1.165, 1.54) is 11.8 Å². The first-order valence-electron chi connectivity index (χ1n) is 6.42. The largest absolute Gasteiger partial charge is 0.468 e. The number of rotatable bonds is 6. The normalized spacial score (nSPS) is 12.8. The van der Waals surface area contributed by atoms with Gasteiger partial charge in [0, 0.05) is 11.8 Å². The molecule has 0 bridgehead atoms. The van der Waals surface area contributed by atoms with Crippen LogP contribution in [0.5, 0.6) is 0 Å². The van der Waals surface area contributed by atoms with Crippen LogP contribution in [0.2, 0.25) is 0 Å². The van der Waals surface area contributed by atoms with E-state index in [4.69, 9.17) is 4.74 Å². The lowest BCUT2D eigenvalue weighted by Crippen LogP contribution is -2.43. The van der Waals surface area contributed by atoms with Crippen LogP contribution in [0.1, 0.15) is 13.8 Å². The van der Waals surface area contributed by atoms with Crippen LogP contribution in [0.25, 0.3) is 10.2 Å². The maximum absolute atomic E-state index is 11.7. The van der Waals surface area contributed by atoms with Gasteiger partial charge in [-0.15, -0.1) is 11.3 Å². The van der Waals surface area contributed by atoms with E-state index in [0.717, 1.165) is 9.86 Å². The summed E-state index contributed by atoms with van der Waals surface area (Å²) in [7, 11) is 1.42. The van der Waals surface area contributed by atoms with Gasteiger partial charge in [0.25, 0.3) is 0 Å². The number of thioether (sulfide) groups is 1. The van der Waals surface area contributed by atoms with Gasteiger partial charge in [-0.1, -0.05) is 37.7 Å². The number of benzene rings is 1. The van der Waals surface area contributed by atoms with Gasteiger partial charge in [-0.05, 0) is 12.1 Å². The molecule has 0 saturated heterocycles. The van der Waals surface area contributed by atoms with Gasteiger partial charge in [-0.25, -0.2) is 4.98 Å². The second-order valence-corrected chi connectivity index (χ2v) is 6.95. The Hall–Kier alpha value is -1.11. The van der Waals surface area contributed by atoms with E-state index in [2.05, 4.69) is 16.4 Å². The third-order valence-corrected chi connectivity index (χ3v) is 4.94. The molecule has 0 spiro atoms. The first-order valence-corrected chi connectivity index (χ1v) is 8.22.